The molecule has 0 N–H and O–H groups in total. The Balaban J connectivity index is 1.55. The highest BCUT2D eigenvalue weighted by atomic mass is 79.9. The lowest BCUT2D eigenvalue weighted by Crippen LogP contribution is -2.36. The van der Waals surface area contributed by atoms with Crippen LogP contribution < -0.4 is 4.90 Å². The van der Waals surface area contributed by atoms with Crippen molar-refractivity contribution in [2.24, 2.45) is 0 Å². The van der Waals surface area contributed by atoms with E-state index in [-0.39, 0.29) is 5.41 Å². The first-order valence-corrected chi connectivity index (χ1v) is 13.7. The molecule has 0 aromatic heterocycles. The molecule has 5 aromatic carbocycles. The monoisotopic (exact) mass is 537 g/mol. The predicted octanol–water partition coefficient (Wildman–Crippen LogP) is 9.55. The van der Waals surface area contributed by atoms with Gasteiger partial charge in [0.05, 0.1) is 16.8 Å². The summed E-state index contributed by atoms with van der Waals surface area (Å²) in [5.74, 6) is 0. The lowest BCUT2D eigenvalue weighted by atomic mass is 9.64. The Morgan fingerprint density at radius 1 is 0.622 bits per heavy atom. The molecule has 176 valence electrons. The van der Waals surface area contributed by atoms with Crippen LogP contribution in [0.1, 0.15) is 39.8 Å². The van der Waals surface area contributed by atoms with Crippen molar-refractivity contribution in [2.75, 3.05) is 4.90 Å². The third-order valence-corrected chi connectivity index (χ3v) is 8.84. The third-order valence-electron chi connectivity index (χ3n) is 8.35. The highest BCUT2D eigenvalue weighted by molar-refractivity contribution is 9.10. The number of rotatable bonds is 1. The number of para-hydroxylation sites is 3. The average molecular weight is 538 g/mol. The molecule has 0 fully saturated rings. The second-order valence-electron chi connectivity index (χ2n) is 10.2. The van der Waals surface area contributed by atoms with Gasteiger partial charge in [-0.1, -0.05) is 94.8 Å². The van der Waals surface area contributed by atoms with Crippen LogP contribution in [-0.4, -0.2) is 0 Å². The maximum Gasteiger partial charge on any atom is 0.0754 e. The molecule has 2 heteroatoms. The van der Waals surface area contributed by atoms with Gasteiger partial charge in [0, 0.05) is 10.2 Å². The maximum absolute atomic E-state index is 3.83. The molecule has 5 aromatic rings. The summed E-state index contributed by atoms with van der Waals surface area (Å²) in [5, 5.41) is 0. The Hall–Kier alpha value is -3.88. The minimum atomic E-state index is -0.386. The van der Waals surface area contributed by atoms with E-state index in [9.17, 15) is 0 Å². The second kappa shape index (κ2) is 7.81. The van der Waals surface area contributed by atoms with Gasteiger partial charge in [0.15, 0.2) is 0 Å². The van der Waals surface area contributed by atoms with Gasteiger partial charge >= 0.3 is 0 Å². The Labute approximate surface area is 225 Å². The first-order chi connectivity index (χ1) is 18.3. The Kier molecular flexibility index (Phi) is 4.48. The van der Waals surface area contributed by atoms with Crippen molar-refractivity contribution in [1.29, 1.82) is 0 Å². The van der Waals surface area contributed by atoms with Crippen LogP contribution in [0.5, 0.6) is 0 Å². The van der Waals surface area contributed by atoms with Crippen molar-refractivity contribution in [3.05, 3.63) is 153 Å². The van der Waals surface area contributed by atoms with E-state index in [1.165, 1.54) is 61.6 Å². The molecule has 1 heterocycles. The molecule has 37 heavy (non-hydrogen) atoms. The van der Waals surface area contributed by atoms with E-state index >= 15 is 0 Å². The van der Waals surface area contributed by atoms with Gasteiger partial charge < -0.3 is 4.90 Å². The van der Waals surface area contributed by atoms with Crippen LogP contribution in [0.15, 0.2) is 120 Å². The van der Waals surface area contributed by atoms with E-state index in [0.29, 0.717) is 0 Å². The molecule has 1 nitrogen and oxygen atoms in total. The molecule has 0 saturated heterocycles. The van der Waals surface area contributed by atoms with Crippen LogP contribution in [0.3, 0.4) is 0 Å². The van der Waals surface area contributed by atoms with Gasteiger partial charge in [0.2, 0.25) is 0 Å². The fourth-order valence-electron chi connectivity index (χ4n) is 6.90. The first kappa shape index (κ1) is 21.2. The molecule has 0 atom stereocenters. The highest BCUT2D eigenvalue weighted by Crippen LogP contribution is 2.63. The quantitative estimate of drug-likeness (QED) is 0.201. The summed E-state index contributed by atoms with van der Waals surface area (Å²) >= 11 is 3.83. The van der Waals surface area contributed by atoms with E-state index in [2.05, 4.69) is 142 Å². The molecular weight excluding hydrogens is 514 g/mol. The van der Waals surface area contributed by atoms with E-state index < -0.39 is 0 Å². The molecule has 1 spiro atoms. The van der Waals surface area contributed by atoms with Gasteiger partial charge in [-0.25, -0.2) is 0 Å². The number of hydrogen-bond acceptors (Lipinski definition) is 1. The third kappa shape index (κ3) is 2.79. The second-order valence-corrected chi connectivity index (χ2v) is 11.1. The average Bonchev–Trinajstić information content (AvgIpc) is 3.22. The van der Waals surface area contributed by atoms with Crippen molar-refractivity contribution < 1.29 is 0 Å². The van der Waals surface area contributed by atoms with Gasteiger partial charge in [-0.05, 0) is 99.8 Å². The molecule has 0 radical (unpaired) electrons. The number of benzene rings is 5. The summed E-state index contributed by atoms with van der Waals surface area (Å²) in [6, 6.07) is 40.6. The summed E-state index contributed by atoms with van der Waals surface area (Å²) < 4.78 is 1.11. The van der Waals surface area contributed by atoms with Crippen LogP contribution in [-0.2, 0) is 11.8 Å². The van der Waals surface area contributed by atoms with Crippen LogP contribution in [0.25, 0.3) is 17.2 Å². The van der Waals surface area contributed by atoms with Crippen molar-refractivity contribution >= 4 is 39.1 Å². The molecular formula is C35H24BrN. The zero-order chi connectivity index (χ0) is 24.6. The van der Waals surface area contributed by atoms with Gasteiger partial charge in [-0.3, -0.25) is 0 Å². The molecule has 2 aliphatic carbocycles. The fourth-order valence-corrected chi connectivity index (χ4v) is 7.26. The van der Waals surface area contributed by atoms with Gasteiger partial charge in [0.1, 0.15) is 0 Å². The standard InChI is InChI=1S/C35H24BrN/c36-25-18-19-27-28-20-23-10-4-5-11-24(23)21-31(28)35(32(27)22-25)29-14-6-8-16-33(29)37(26-12-2-1-3-13-26)34-17-9-7-15-30(34)35/h1-4,6-10,12-22H,5,11H2. The lowest BCUT2D eigenvalue weighted by Gasteiger charge is -2.45. The van der Waals surface area contributed by atoms with Crippen LogP contribution in [0.2, 0.25) is 0 Å². The van der Waals surface area contributed by atoms with Crippen molar-refractivity contribution in [3.8, 4) is 11.1 Å². The topological polar surface area (TPSA) is 3.24 Å². The molecule has 0 amide bonds. The van der Waals surface area contributed by atoms with Gasteiger partial charge in [0.25, 0.3) is 0 Å². The molecule has 0 saturated carbocycles. The summed E-state index contributed by atoms with van der Waals surface area (Å²) in [7, 11) is 0. The van der Waals surface area contributed by atoms with Gasteiger partial charge in [-0.15, -0.1) is 0 Å². The summed E-state index contributed by atoms with van der Waals surface area (Å²) in [4.78, 5) is 2.44. The zero-order valence-electron chi connectivity index (χ0n) is 20.3. The summed E-state index contributed by atoms with van der Waals surface area (Å²) in [6.07, 6.45) is 6.81. The number of hydrogen-bond donors (Lipinski definition) is 0. The largest absolute Gasteiger partial charge is 0.310 e. The van der Waals surface area contributed by atoms with Crippen molar-refractivity contribution in [2.45, 2.75) is 18.3 Å². The molecule has 8 rings (SSSR count). The number of aryl methyl sites for hydroxylation is 1. The normalized spacial score (nSPS) is 15.5. The molecule has 0 bridgehead atoms. The minimum Gasteiger partial charge on any atom is -0.310 e. The summed E-state index contributed by atoms with van der Waals surface area (Å²) in [5.41, 5.74) is 14.2. The van der Waals surface area contributed by atoms with E-state index in [1.807, 2.05) is 0 Å². The number of nitrogens with zero attached hydrogens (tertiary/aromatic N) is 1. The lowest BCUT2D eigenvalue weighted by molar-refractivity contribution is 0.749. The van der Waals surface area contributed by atoms with E-state index in [1.54, 1.807) is 0 Å². The fraction of sp³-hybridized carbons (Fsp3) is 0.0857. The Morgan fingerprint density at radius 3 is 2.05 bits per heavy atom. The minimum absolute atomic E-state index is 0.386. The van der Waals surface area contributed by atoms with Gasteiger partial charge in [-0.2, -0.15) is 0 Å². The zero-order valence-corrected chi connectivity index (χ0v) is 21.9. The molecule has 3 aliphatic rings. The smallest absolute Gasteiger partial charge is 0.0754 e. The first-order valence-electron chi connectivity index (χ1n) is 13.0. The maximum atomic E-state index is 3.83. The number of halogens is 1. The van der Waals surface area contributed by atoms with Crippen molar-refractivity contribution in [1.82, 2.24) is 0 Å². The number of allylic oxidation sites excluding steroid dienone is 1. The van der Waals surface area contributed by atoms with Crippen LogP contribution >= 0.6 is 15.9 Å². The molecule has 1 aliphatic heterocycles. The van der Waals surface area contributed by atoms with Crippen molar-refractivity contribution in [3.63, 3.8) is 0 Å². The number of anilines is 3. The number of fused-ring (bicyclic) bond motifs is 10. The van der Waals surface area contributed by atoms with E-state index in [0.717, 1.165) is 17.3 Å². The van der Waals surface area contributed by atoms with Crippen LogP contribution in [0, 0.1) is 0 Å². The highest BCUT2D eigenvalue weighted by Gasteiger charge is 2.52. The van der Waals surface area contributed by atoms with Crippen LogP contribution in [0.4, 0.5) is 17.1 Å². The Morgan fingerprint density at radius 2 is 1.30 bits per heavy atom. The SMILES string of the molecule is Brc1ccc2c(c1)C1(c3cc4c(cc3-2)C=CCC4)c2ccccc2N(c2ccccc2)c2ccccc21. The van der Waals surface area contributed by atoms with E-state index in [4.69, 9.17) is 0 Å². The predicted molar refractivity (Wildman–Crippen MR) is 157 cm³/mol. The molecule has 0 unspecified atom stereocenters. The summed E-state index contributed by atoms with van der Waals surface area (Å²) in [6.45, 7) is 0. The Bertz CT molecular complexity index is 1700.